The molecule has 158 valence electrons. The molecule has 31 heavy (non-hydrogen) atoms. The number of carbonyl (C=O) groups excluding carboxylic acids is 1. The lowest BCUT2D eigenvalue weighted by Gasteiger charge is -2.11. The molecule has 11 heteroatoms. The smallest absolute Gasteiger partial charge is 0.269 e. The number of aromatic amines is 1. The number of fused-ring (bicyclic) bond motifs is 4. The topological polar surface area (TPSA) is 103 Å². The van der Waals surface area contributed by atoms with E-state index in [1.165, 1.54) is 14.2 Å². The predicted molar refractivity (Wildman–Crippen MR) is 118 cm³/mol. The number of ether oxygens (including phenoxy) is 4. The summed E-state index contributed by atoms with van der Waals surface area (Å²) in [5, 5.41) is 3.19. The summed E-state index contributed by atoms with van der Waals surface area (Å²) in [7, 11) is 3.03. The van der Waals surface area contributed by atoms with Gasteiger partial charge in [0.2, 0.25) is 6.79 Å². The van der Waals surface area contributed by atoms with Crippen molar-refractivity contribution in [2.75, 3.05) is 26.3 Å². The Hall–Kier alpha value is -3.57. The highest BCUT2D eigenvalue weighted by Gasteiger charge is 2.22. The third-order valence-electron chi connectivity index (χ3n) is 4.88. The summed E-state index contributed by atoms with van der Waals surface area (Å²) in [6.07, 6.45) is 0. The average molecular weight is 457 g/mol. The normalized spacial score (nSPS) is 12.3. The first-order valence-corrected chi connectivity index (χ1v) is 10.3. The van der Waals surface area contributed by atoms with Gasteiger partial charge in [-0.25, -0.2) is 0 Å². The first-order chi connectivity index (χ1) is 15.0. The van der Waals surface area contributed by atoms with Crippen LogP contribution in [0.25, 0.3) is 16.6 Å². The molecule has 1 aliphatic rings. The maximum Gasteiger partial charge on any atom is 0.269 e. The molecule has 9 nitrogen and oxygen atoms in total. The standard InChI is InChI=1S/C20H15N3O6S2/c1-26-9-3-4-13(27-2)11(5-9)21-19(25)16-17-22-18(24)10-6-14-15(29-8-28-14)7-12(10)23(17)20(30)31-16/h3-7H,8H2,1-2H3,(H,21,25)(H,22,24). The number of nitrogens with one attached hydrogen (secondary N) is 2. The summed E-state index contributed by atoms with van der Waals surface area (Å²) in [6, 6.07) is 8.35. The number of amides is 1. The fourth-order valence-electron chi connectivity index (χ4n) is 3.42. The Balaban J connectivity index is 1.66. The number of thiazole rings is 1. The van der Waals surface area contributed by atoms with Crippen molar-refractivity contribution in [2.24, 2.45) is 0 Å². The Labute approximate surface area is 183 Å². The van der Waals surface area contributed by atoms with Crippen molar-refractivity contribution in [3.8, 4) is 23.0 Å². The maximum atomic E-state index is 13.1. The van der Waals surface area contributed by atoms with Gasteiger partial charge in [0, 0.05) is 12.1 Å². The molecule has 0 fully saturated rings. The average Bonchev–Trinajstić information content (AvgIpc) is 3.36. The van der Waals surface area contributed by atoms with E-state index in [0.29, 0.717) is 49.2 Å². The van der Waals surface area contributed by atoms with E-state index < -0.39 is 5.91 Å². The number of anilines is 1. The van der Waals surface area contributed by atoms with Gasteiger partial charge in [0.05, 0.1) is 30.8 Å². The first kappa shape index (κ1) is 19.4. The van der Waals surface area contributed by atoms with Crippen molar-refractivity contribution in [1.29, 1.82) is 0 Å². The minimum atomic E-state index is -0.444. The highest BCUT2D eigenvalue weighted by molar-refractivity contribution is 7.73. The van der Waals surface area contributed by atoms with Crippen LogP contribution in [0.3, 0.4) is 0 Å². The third-order valence-corrected chi connectivity index (χ3v) is 6.25. The molecule has 5 rings (SSSR count). The van der Waals surface area contributed by atoms with Crippen LogP contribution in [0.2, 0.25) is 0 Å². The molecule has 4 aromatic rings. The Morgan fingerprint density at radius 2 is 1.97 bits per heavy atom. The summed E-state index contributed by atoms with van der Waals surface area (Å²) in [6.45, 7) is 0.0811. The van der Waals surface area contributed by atoms with Gasteiger partial charge in [0.15, 0.2) is 15.5 Å². The van der Waals surface area contributed by atoms with E-state index >= 15 is 0 Å². The van der Waals surface area contributed by atoms with Crippen molar-refractivity contribution in [3.63, 3.8) is 0 Å². The number of aromatic nitrogens is 2. The molecule has 2 N–H and O–H groups in total. The van der Waals surface area contributed by atoms with E-state index in [-0.39, 0.29) is 17.2 Å². The second kappa shape index (κ2) is 7.29. The minimum absolute atomic E-state index is 0.0811. The molecule has 0 spiro atoms. The molecule has 0 saturated carbocycles. The van der Waals surface area contributed by atoms with Crippen molar-refractivity contribution in [1.82, 2.24) is 9.38 Å². The molecule has 2 aromatic heterocycles. The number of hydrogen-bond donors (Lipinski definition) is 2. The fraction of sp³-hybridized carbons (Fsp3) is 0.150. The molecule has 0 unspecified atom stereocenters. The molecular weight excluding hydrogens is 442 g/mol. The Kier molecular flexibility index (Phi) is 4.56. The van der Waals surface area contributed by atoms with Crippen LogP contribution in [0.4, 0.5) is 5.69 Å². The predicted octanol–water partition coefficient (Wildman–Crippen LogP) is 3.57. The summed E-state index contributed by atoms with van der Waals surface area (Å²) < 4.78 is 23.4. The zero-order valence-corrected chi connectivity index (χ0v) is 17.9. The van der Waals surface area contributed by atoms with Gasteiger partial charge in [-0.2, -0.15) is 0 Å². The van der Waals surface area contributed by atoms with E-state index in [0.717, 1.165) is 11.3 Å². The van der Waals surface area contributed by atoms with E-state index in [4.69, 9.17) is 31.2 Å². The molecule has 0 radical (unpaired) electrons. The molecule has 1 amide bonds. The largest absolute Gasteiger partial charge is 0.497 e. The zero-order valence-electron chi connectivity index (χ0n) is 16.3. The van der Waals surface area contributed by atoms with Crippen molar-refractivity contribution in [2.45, 2.75) is 0 Å². The molecule has 3 heterocycles. The lowest BCUT2D eigenvalue weighted by molar-refractivity contribution is 0.103. The monoisotopic (exact) mass is 457 g/mol. The molecule has 0 atom stereocenters. The molecule has 1 aliphatic heterocycles. The van der Waals surface area contributed by atoms with Gasteiger partial charge < -0.3 is 29.2 Å². The van der Waals surface area contributed by atoms with Crippen LogP contribution in [0.5, 0.6) is 23.0 Å². The van der Waals surface area contributed by atoms with Gasteiger partial charge in [-0.15, -0.1) is 0 Å². The Morgan fingerprint density at radius 1 is 1.19 bits per heavy atom. The van der Waals surface area contributed by atoms with Crippen LogP contribution in [0.1, 0.15) is 9.67 Å². The fourth-order valence-corrected chi connectivity index (χ4v) is 4.70. The second-order valence-electron chi connectivity index (χ2n) is 6.58. The molecule has 0 aliphatic carbocycles. The van der Waals surface area contributed by atoms with Crippen molar-refractivity contribution < 1.29 is 23.7 Å². The van der Waals surface area contributed by atoms with Crippen molar-refractivity contribution in [3.05, 3.63) is 49.5 Å². The number of H-pyrrole nitrogens is 1. The second-order valence-corrected chi connectivity index (χ2v) is 8.22. The highest BCUT2D eigenvalue weighted by atomic mass is 32.1. The van der Waals surface area contributed by atoms with Crippen LogP contribution in [0.15, 0.2) is 35.1 Å². The molecule has 0 saturated heterocycles. The van der Waals surface area contributed by atoms with Gasteiger partial charge in [-0.3, -0.25) is 14.0 Å². The quantitative estimate of drug-likeness (QED) is 0.452. The van der Waals surface area contributed by atoms with Crippen LogP contribution in [0, 0.1) is 3.95 Å². The maximum absolute atomic E-state index is 13.1. The van der Waals surface area contributed by atoms with Gasteiger partial charge >= 0.3 is 0 Å². The number of hydrogen-bond acceptors (Lipinski definition) is 8. The van der Waals surface area contributed by atoms with Crippen LogP contribution in [-0.4, -0.2) is 36.3 Å². The Bertz CT molecular complexity index is 1490. The highest BCUT2D eigenvalue weighted by Crippen LogP contribution is 2.36. The van der Waals surface area contributed by atoms with Gasteiger partial charge in [0.1, 0.15) is 22.0 Å². The number of carbonyl (C=O) groups is 1. The first-order valence-electron chi connectivity index (χ1n) is 9.04. The van der Waals surface area contributed by atoms with Crippen molar-refractivity contribution >= 4 is 51.7 Å². The summed E-state index contributed by atoms with van der Waals surface area (Å²) in [5.41, 5.74) is 0.887. The molecular formula is C20H15N3O6S2. The van der Waals surface area contributed by atoms with E-state index in [2.05, 4.69) is 10.3 Å². The summed E-state index contributed by atoms with van der Waals surface area (Å²) >= 11 is 6.59. The summed E-state index contributed by atoms with van der Waals surface area (Å²) in [5.74, 6) is 1.58. The third kappa shape index (κ3) is 3.09. The lowest BCUT2D eigenvalue weighted by Crippen LogP contribution is -2.15. The molecule has 0 bridgehead atoms. The number of rotatable bonds is 4. The van der Waals surface area contributed by atoms with Gasteiger partial charge in [-0.05, 0) is 30.4 Å². The van der Waals surface area contributed by atoms with E-state index in [9.17, 15) is 9.59 Å². The lowest BCUT2D eigenvalue weighted by atomic mass is 10.2. The Morgan fingerprint density at radius 3 is 2.71 bits per heavy atom. The van der Waals surface area contributed by atoms with Crippen LogP contribution in [-0.2, 0) is 0 Å². The minimum Gasteiger partial charge on any atom is -0.497 e. The zero-order chi connectivity index (χ0) is 21.7. The van der Waals surface area contributed by atoms with E-state index in [1.807, 2.05) is 0 Å². The van der Waals surface area contributed by atoms with Crippen LogP contribution < -0.4 is 29.8 Å². The number of methoxy groups -OCH3 is 2. The summed E-state index contributed by atoms with van der Waals surface area (Å²) in [4.78, 5) is 28.9. The van der Waals surface area contributed by atoms with Gasteiger partial charge in [0.25, 0.3) is 11.5 Å². The number of nitrogens with zero attached hydrogens (tertiary/aromatic N) is 1. The molecule has 2 aromatic carbocycles. The van der Waals surface area contributed by atoms with Crippen LogP contribution >= 0.6 is 23.6 Å². The number of benzene rings is 2. The van der Waals surface area contributed by atoms with Gasteiger partial charge in [-0.1, -0.05) is 11.3 Å². The van der Waals surface area contributed by atoms with E-state index in [1.54, 1.807) is 34.7 Å². The SMILES string of the molecule is COc1ccc(OC)c(NC(=O)c2sc(=S)n3c2[nH]c(=O)c2cc4c(cc23)OCO4)c1.